The van der Waals surface area contributed by atoms with Crippen molar-refractivity contribution in [3.05, 3.63) is 35.5 Å². The van der Waals surface area contributed by atoms with Gasteiger partial charge in [0, 0.05) is 58.0 Å². The summed E-state index contributed by atoms with van der Waals surface area (Å²) in [4.78, 5) is 27.5. The Hall–Kier alpha value is -2.15. The molecule has 0 unspecified atom stereocenters. The first-order chi connectivity index (χ1) is 11.1. The van der Waals surface area contributed by atoms with Crippen LogP contribution in [0.15, 0.2) is 29.9 Å². The van der Waals surface area contributed by atoms with Gasteiger partial charge in [-0.05, 0) is 18.6 Å². The maximum Gasteiger partial charge on any atom is 0.255 e. The highest BCUT2D eigenvalue weighted by Crippen LogP contribution is 2.19. The van der Waals surface area contributed by atoms with E-state index in [2.05, 4.69) is 14.9 Å². The summed E-state index contributed by atoms with van der Waals surface area (Å²) < 4.78 is 0. The van der Waals surface area contributed by atoms with Crippen molar-refractivity contribution in [2.24, 2.45) is 0 Å². The average molecular weight is 331 g/mol. The van der Waals surface area contributed by atoms with Gasteiger partial charge in [0.25, 0.3) is 5.91 Å². The minimum atomic E-state index is 0.0591. The predicted molar refractivity (Wildman–Crippen MR) is 93.4 cm³/mol. The summed E-state index contributed by atoms with van der Waals surface area (Å²) in [6.07, 6.45) is 4.45. The molecule has 1 aliphatic rings. The number of pyridine rings is 1. The number of carbonyl (C=O) groups is 1. The Morgan fingerprint density at radius 2 is 2.04 bits per heavy atom. The monoisotopic (exact) mass is 331 g/mol. The predicted octanol–water partition coefficient (Wildman–Crippen LogP) is 1.96. The second-order valence-electron chi connectivity index (χ2n) is 5.75. The Balaban J connectivity index is 1.66. The fraction of sp³-hybridized carbons (Fsp3) is 0.438. The normalized spacial score (nSPS) is 15.4. The quantitative estimate of drug-likeness (QED) is 0.860. The van der Waals surface area contributed by atoms with Gasteiger partial charge < -0.3 is 14.7 Å². The molecule has 23 heavy (non-hydrogen) atoms. The molecule has 1 fully saturated rings. The molecular weight excluding hydrogens is 310 g/mol. The first kappa shape index (κ1) is 15.7. The largest absolute Gasteiger partial charge is 0.363 e. The van der Waals surface area contributed by atoms with Crippen LogP contribution >= 0.6 is 11.3 Å². The molecule has 6 nitrogen and oxygen atoms in total. The van der Waals surface area contributed by atoms with E-state index in [0.29, 0.717) is 12.1 Å². The van der Waals surface area contributed by atoms with E-state index in [4.69, 9.17) is 0 Å². The molecule has 3 heterocycles. The molecule has 0 radical (unpaired) electrons. The molecule has 0 aromatic carbocycles. The molecule has 2 aromatic rings. The van der Waals surface area contributed by atoms with Crippen LogP contribution in [0.25, 0.3) is 0 Å². The standard InChI is InChI=1S/C16H21N5OS/c1-19(2)14-5-4-13(12-18-14)15(22)20-7-3-8-21(10-9-20)16-17-6-11-23-16/h4-6,11-12H,3,7-10H2,1-2H3. The van der Waals surface area contributed by atoms with E-state index in [9.17, 15) is 4.79 Å². The summed E-state index contributed by atoms with van der Waals surface area (Å²) in [5, 5.41) is 3.03. The van der Waals surface area contributed by atoms with Crippen molar-refractivity contribution in [1.82, 2.24) is 14.9 Å². The summed E-state index contributed by atoms with van der Waals surface area (Å²) in [7, 11) is 3.87. The van der Waals surface area contributed by atoms with Crippen molar-refractivity contribution < 1.29 is 4.79 Å². The van der Waals surface area contributed by atoms with Gasteiger partial charge in [-0.2, -0.15) is 0 Å². The summed E-state index contributed by atoms with van der Waals surface area (Å²) in [5.74, 6) is 0.913. The SMILES string of the molecule is CN(C)c1ccc(C(=O)N2CCCN(c3nccs3)CC2)cn1. The molecule has 0 spiro atoms. The van der Waals surface area contributed by atoms with Crippen LogP contribution in [0.5, 0.6) is 0 Å². The van der Waals surface area contributed by atoms with Gasteiger partial charge in [0.1, 0.15) is 5.82 Å². The highest BCUT2D eigenvalue weighted by atomic mass is 32.1. The summed E-state index contributed by atoms with van der Waals surface area (Å²) in [6, 6.07) is 3.74. The molecule has 1 saturated heterocycles. The first-order valence-corrected chi connectivity index (χ1v) is 8.60. The molecule has 1 amide bonds. The van der Waals surface area contributed by atoms with E-state index in [1.165, 1.54) is 0 Å². The third kappa shape index (κ3) is 3.61. The fourth-order valence-corrected chi connectivity index (χ4v) is 3.34. The Bertz CT molecular complexity index is 641. The molecule has 1 aliphatic heterocycles. The van der Waals surface area contributed by atoms with Crippen molar-refractivity contribution in [3.63, 3.8) is 0 Å². The molecule has 0 bridgehead atoms. The van der Waals surface area contributed by atoms with E-state index in [0.717, 1.165) is 37.0 Å². The lowest BCUT2D eigenvalue weighted by atomic mass is 10.2. The maximum absolute atomic E-state index is 12.7. The van der Waals surface area contributed by atoms with Crippen LogP contribution in [0.1, 0.15) is 16.8 Å². The third-order valence-corrected chi connectivity index (χ3v) is 4.76. The van der Waals surface area contributed by atoms with E-state index < -0.39 is 0 Å². The van der Waals surface area contributed by atoms with E-state index in [1.54, 1.807) is 17.5 Å². The lowest BCUT2D eigenvalue weighted by molar-refractivity contribution is 0.0766. The van der Waals surface area contributed by atoms with Gasteiger partial charge in [0.2, 0.25) is 0 Å². The first-order valence-electron chi connectivity index (χ1n) is 7.72. The zero-order chi connectivity index (χ0) is 16.2. The zero-order valence-electron chi connectivity index (χ0n) is 13.5. The number of nitrogens with zero attached hydrogens (tertiary/aromatic N) is 5. The number of rotatable bonds is 3. The molecule has 0 aliphatic carbocycles. The van der Waals surface area contributed by atoms with Gasteiger partial charge in [-0.3, -0.25) is 4.79 Å². The number of amides is 1. The molecule has 0 saturated carbocycles. The Labute approximate surface area is 140 Å². The Morgan fingerprint density at radius 3 is 2.70 bits per heavy atom. The van der Waals surface area contributed by atoms with Gasteiger partial charge in [0.15, 0.2) is 5.13 Å². The number of hydrogen-bond acceptors (Lipinski definition) is 6. The molecular formula is C16H21N5OS. The van der Waals surface area contributed by atoms with E-state index in [1.807, 2.05) is 47.6 Å². The summed E-state index contributed by atoms with van der Waals surface area (Å²) in [5.41, 5.74) is 0.651. The molecule has 122 valence electrons. The Morgan fingerprint density at radius 1 is 1.17 bits per heavy atom. The minimum Gasteiger partial charge on any atom is -0.363 e. The van der Waals surface area contributed by atoms with Gasteiger partial charge in [-0.25, -0.2) is 9.97 Å². The lowest BCUT2D eigenvalue weighted by Crippen LogP contribution is -2.35. The Kier molecular flexibility index (Phi) is 4.76. The van der Waals surface area contributed by atoms with Crippen LogP contribution in [0.4, 0.5) is 10.9 Å². The third-order valence-electron chi connectivity index (χ3n) is 3.93. The average Bonchev–Trinajstić information content (AvgIpc) is 2.99. The number of hydrogen-bond donors (Lipinski definition) is 0. The van der Waals surface area contributed by atoms with Gasteiger partial charge in [-0.1, -0.05) is 0 Å². The number of carbonyl (C=O) groups excluding carboxylic acids is 1. The second kappa shape index (κ2) is 6.95. The lowest BCUT2D eigenvalue weighted by Gasteiger charge is -2.22. The molecule has 3 rings (SSSR count). The number of thiazole rings is 1. The van der Waals surface area contributed by atoms with Crippen LogP contribution < -0.4 is 9.80 Å². The second-order valence-corrected chi connectivity index (χ2v) is 6.62. The molecule has 7 heteroatoms. The van der Waals surface area contributed by atoms with Gasteiger partial charge in [-0.15, -0.1) is 11.3 Å². The highest BCUT2D eigenvalue weighted by Gasteiger charge is 2.21. The van der Waals surface area contributed by atoms with Gasteiger partial charge in [0.05, 0.1) is 5.56 Å². The fourth-order valence-electron chi connectivity index (χ4n) is 2.64. The van der Waals surface area contributed by atoms with Crippen LogP contribution in [-0.2, 0) is 0 Å². The minimum absolute atomic E-state index is 0.0591. The van der Waals surface area contributed by atoms with Crippen LogP contribution in [0.3, 0.4) is 0 Å². The topological polar surface area (TPSA) is 52.6 Å². The molecule has 0 N–H and O–H groups in total. The van der Waals surface area contributed by atoms with Gasteiger partial charge >= 0.3 is 0 Å². The van der Waals surface area contributed by atoms with Crippen LogP contribution in [0, 0.1) is 0 Å². The molecule has 0 atom stereocenters. The molecule has 2 aromatic heterocycles. The number of aromatic nitrogens is 2. The van der Waals surface area contributed by atoms with E-state index in [-0.39, 0.29) is 5.91 Å². The van der Waals surface area contributed by atoms with Crippen molar-refractivity contribution in [2.45, 2.75) is 6.42 Å². The van der Waals surface area contributed by atoms with Crippen LogP contribution in [-0.4, -0.2) is 61.0 Å². The van der Waals surface area contributed by atoms with Crippen molar-refractivity contribution in [2.75, 3.05) is 50.1 Å². The highest BCUT2D eigenvalue weighted by molar-refractivity contribution is 7.13. The zero-order valence-corrected chi connectivity index (χ0v) is 14.3. The van der Waals surface area contributed by atoms with Crippen molar-refractivity contribution >= 4 is 28.2 Å². The maximum atomic E-state index is 12.7. The summed E-state index contributed by atoms with van der Waals surface area (Å²) >= 11 is 1.65. The van der Waals surface area contributed by atoms with Crippen molar-refractivity contribution in [1.29, 1.82) is 0 Å². The van der Waals surface area contributed by atoms with Crippen LogP contribution in [0.2, 0.25) is 0 Å². The van der Waals surface area contributed by atoms with Crippen molar-refractivity contribution in [3.8, 4) is 0 Å². The number of anilines is 2. The smallest absolute Gasteiger partial charge is 0.255 e. The summed E-state index contributed by atoms with van der Waals surface area (Å²) in [6.45, 7) is 3.25. The van der Waals surface area contributed by atoms with E-state index >= 15 is 0 Å².